The van der Waals surface area contributed by atoms with E-state index in [0.717, 1.165) is 16.3 Å². The van der Waals surface area contributed by atoms with Crippen LogP contribution in [0.5, 0.6) is 0 Å². The molecule has 2 rings (SSSR count). The Morgan fingerprint density at radius 2 is 2.44 bits per heavy atom. The van der Waals surface area contributed by atoms with Crippen LogP contribution in [0.4, 0.5) is 0 Å². The Labute approximate surface area is 109 Å². The molecule has 0 amide bonds. The van der Waals surface area contributed by atoms with Gasteiger partial charge in [0.15, 0.2) is 0 Å². The standard InChI is InChI=1S/C12H14N2O3S/c1-14(4-2-11(15)16)6-10-8-18-12(13-10)9-3-5-17-7-9/h3,5,7-8H,2,4,6H2,1H3,(H,15,16). The lowest BCUT2D eigenvalue weighted by atomic mass is 10.3. The van der Waals surface area contributed by atoms with Crippen molar-refractivity contribution in [2.45, 2.75) is 13.0 Å². The molecule has 0 aliphatic rings. The van der Waals surface area contributed by atoms with Crippen LogP contribution < -0.4 is 0 Å². The van der Waals surface area contributed by atoms with E-state index in [0.29, 0.717) is 13.1 Å². The second kappa shape index (κ2) is 5.79. The number of furan rings is 1. The Hall–Kier alpha value is -1.66. The Morgan fingerprint density at radius 1 is 1.61 bits per heavy atom. The molecule has 0 aliphatic carbocycles. The summed E-state index contributed by atoms with van der Waals surface area (Å²) in [5.41, 5.74) is 1.92. The smallest absolute Gasteiger partial charge is 0.304 e. The fourth-order valence-corrected chi connectivity index (χ4v) is 2.34. The van der Waals surface area contributed by atoms with Gasteiger partial charge >= 0.3 is 5.97 Å². The minimum Gasteiger partial charge on any atom is -0.481 e. The van der Waals surface area contributed by atoms with E-state index < -0.39 is 5.97 Å². The van der Waals surface area contributed by atoms with E-state index in [2.05, 4.69) is 4.98 Å². The van der Waals surface area contributed by atoms with Gasteiger partial charge in [-0.05, 0) is 13.1 Å². The normalized spacial score (nSPS) is 11.0. The first-order chi connectivity index (χ1) is 8.65. The van der Waals surface area contributed by atoms with Crippen LogP contribution >= 0.6 is 11.3 Å². The van der Waals surface area contributed by atoms with Crippen molar-refractivity contribution in [3.63, 3.8) is 0 Å². The predicted molar refractivity (Wildman–Crippen MR) is 68.4 cm³/mol. The first-order valence-electron chi connectivity index (χ1n) is 5.52. The van der Waals surface area contributed by atoms with Crippen molar-refractivity contribution in [3.05, 3.63) is 29.7 Å². The van der Waals surface area contributed by atoms with Crippen molar-refractivity contribution < 1.29 is 14.3 Å². The second-order valence-corrected chi connectivity index (χ2v) is 4.90. The summed E-state index contributed by atoms with van der Waals surface area (Å²) in [5.74, 6) is -0.779. The van der Waals surface area contributed by atoms with E-state index in [1.807, 2.05) is 23.4 Å². The van der Waals surface area contributed by atoms with Crippen LogP contribution in [0.3, 0.4) is 0 Å². The lowest BCUT2D eigenvalue weighted by Gasteiger charge is -2.13. The van der Waals surface area contributed by atoms with Gasteiger partial charge in [0.1, 0.15) is 11.3 Å². The number of carboxylic acid groups (broad SMARTS) is 1. The average Bonchev–Trinajstić information content (AvgIpc) is 2.95. The highest BCUT2D eigenvalue weighted by Crippen LogP contribution is 2.24. The van der Waals surface area contributed by atoms with Gasteiger partial charge in [-0.1, -0.05) is 0 Å². The highest BCUT2D eigenvalue weighted by molar-refractivity contribution is 7.13. The largest absolute Gasteiger partial charge is 0.481 e. The highest BCUT2D eigenvalue weighted by Gasteiger charge is 2.08. The minimum absolute atomic E-state index is 0.148. The molecule has 2 aromatic heterocycles. The molecule has 0 fully saturated rings. The van der Waals surface area contributed by atoms with Crippen molar-refractivity contribution in [1.29, 1.82) is 0 Å². The molecule has 0 bridgehead atoms. The molecular weight excluding hydrogens is 252 g/mol. The Balaban J connectivity index is 1.92. The summed E-state index contributed by atoms with van der Waals surface area (Å²) < 4.78 is 5.02. The zero-order valence-electron chi connectivity index (χ0n) is 10.00. The van der Waals surface area contributed by atoms with Crippen LogP contribution in [0.25, 0.3) is 10.6 Å². The average molecular weight is 266 g/mol. The zero-order chi connectivity index (χ0) is 13.0. The number of hydrogen-bond donors (Lipinski definition) is 1. The van der Waals surface area contributed by atoms with Crippen LogP contribution in [-0.4, -0.2) is 34.6 Å². The molecular formula is C12H14N2O3S. The quantitative estimate of drug-likeness (QED) is 0.869. The Bertz CT molecular complexity index is 507. The summed E-state index contributed by atoms with van der Waals surface area (Å²) >= 11 is 1.56. The molecule has 96 valence electrons. The molecule has 0 atom stereocenters. The topological polar surface area (TPSA) is 66.6 Å². The summed E-state index contributed by atoms with van der Waals surface area (Å²) in [4.78, 5) is 16.9. The van der Waals surface area contributed by atoms with E-state index in [1.54, 1.807) is 23.9 Å². The van der Waals surface area contributed by atoms with Crippen LogP contribution in [0.1, 0.15) is 12.1 Å². The van der Waals surface area contributed by atoms with Crippen LogP contribution in [0, 0.1) is 0 Å². The zero-order valence-corrected chi connectivity index (χ0v) is 10.8. The predicted octanol–water partition coefficient (Wildman–Crippen LogP) is 2.31. The number of aromatic nitrogens is 1. The molecule has 5 nitrogen and oxygen atoms in total. The van der Waals surface area contributed by atoms with Crippen molar-refractivity contribution >= 4 is 17.3 Å². The molecule has 0 saturated carbocycles. The van der Waals surface area contributed by atoms with Crippen LogP contribution in [-0.2, 0) is 11.3 Å². The highest BCUT2D eigenvalue weighted by atomic mass is 32.1. The van der Waals surface area contributed by atoms with Gasteiger partial charge in [-0.3, -0.25) is 9.69 Å². The molecule has 2 aromatic rings. The van der Waals surface area contributed by atoms with Gasteiger partial charge in [-0.15, -0.1) is 11.3 Å². The van der Waals surface area contributed by atoms with Crippen molar-refractivity contribution in [3.8, 4) is 10.6 Å². The van der Waals surface area contributed by atoms with E-state index >= 15 is 0 Å². The molecule has 6 heteroatoms. The number of carbonyl (C=O) groups is 1. The fourth-order valence-electron chi connectivity index (χ4n) is 1.54. The molecule has 0 aliphatic heterocycles. The molecule has 1 N–H and O–H groups in total. The van der Waals surface area contributed by atoms with Gasteiger partial charge in [-0.25, -0.2) is 4.98 Å². The lowest BCUT2D eigenvalue weighted by molar-refractivity contribution is -0.137. The maximum Gasteiger partial charge on any atom is 0.304 e. The number of nitrogens with zero attached hydrogens (tertiary/aromatic N) is 2. The van der Waals surface area contributed by atoms with Crippen molar-refractivity contribution in [2.24, 2.45) is 0 Å². The van der Waals surface area contributed by atoms with E-state index in [9.17, 15) is 4.79 Å². The number of thiazole rings is 1. The third-order valence-corrected chi connectivity index (χ3v) is 3.40. The third kappa shape index (κ3) is 3.41. The van der Waals surface area contributed by atoms with Gasteiger partial charge in [0.2, 0.25) is 0 Å². The first-order valence-corrected chi connectivity index (χ1v) is 6.40. The molecule has 18 heavy (non-hydrogen) atoms. The second-order valence-electron chi connectivity index (χ2n) is 4.04. The summed E-state index contributed by atoms with van der Waals surface area (Å²) in [6, 6.07) is 1.87. The van der Waals surface area contributed by atoms with Gasteiger partial charge in [0.05, 0.1) is 18.4 Å². The molecule has 0 unspecified atom stereocenters. The summed E-state index contributed by atoms with van der Waals surface area (Å²) in [5, 5.41) is 11.5. The molecule has 0 spiro atoms. The van der Waals surface area contributed by atoms with Crippen LogP contribution in [0.15, 0.2) is 28.4 Å². The van der Waals surface area contributed by atoms with Crippen LogP contribution in [0.2, 0.25) is 0 Å². The first kappa shape index (κ1) is 12.8. The fraction of sp³-hybridized carbons (Fsp3) is 0.333. The number of carboxylic acids is 1. The van der Waals surface area contributed by atoms with E-state index in [-0.39, 0.29) is 6.42 Å². The number of aliphatic carboxylic acids is 1. The van der Waals surface area contributed by atoms with Crippen molar-refractivity contribution in [1.82, 2.24) is 9.88 Å². The Morgan fingerprint density at radius 3 is 3.11 bits per heavy atom. The van der Waals surface area contributed by atoms with E-state index in [1.165, 1.54) is 0 Å². The summed E-state index contributed by atoms with van der Waals surface area (Å²) in [6.45, 7) is 1.18. The van der Waals surface area contributed by atoms with Gasteiger partial charge in [0, 0.05) is 24.0 Å². The monoisotopic (exact) mass is 266 g/mol. The number of hydrogen-bond acceptors (Lipinski definition) is 5. The summed E-state index contributed by atoms with van der Waals surface area (Å²) in [6.07, 6.45) is 3.43. The maximum absolute atomic E-state index is 10.5. The summed E-state index contributed by atoms with van der Waals surface area (Å²) in [7, 11) is 1.89. The SMILES string of the molecule is CN(CCC(=O)O)Cc1csc(-c2ccoc2)n1. The lowest BCUT2D eigenvalue weighted by Crippen LogP contribution is -2.21. The van der Waals surface area contributed by atoms with E-state index in [4.69, 9.17) is 9.52 Å². The van der Waals surface area contributed by atoms with Gasteiger partial charge in [-0.2, -0.15) is 0 Å². The molecule has 0 radical (unpaired) electrons. The van der Waals surface area contributed by atoms with Gasteiger partial charge < -0.3 is 9.52 Å². The maximum atomic E-state index is 10.5. The third-order valence-electron chi connectivity index (χ3n) is 2.46. The molecule has 0 saturated heterocycles. The molecule has 2 heterocycles. The number of rotatable bonds is 6. The van der Waals surface area contributed by atoms with Gasteiger partial charge in [0.25, 0.3) is 0 Å². The Kier molecular flexibility index (Phi) is 4.11. The molecule has 0 aromatic carbocycles. The minimum atomic E-state index is -0.779. The van der Waals surface area contributed by atoms with Crippen molar-refractivity contribution in [2.75, 3.05) is 13.6 Å².